The highest BCUT2D eigenvalue weighted by Crippen LogP contribution is 2.43. The van der Waals surface area contributed by atoms with Crippen LogP contribution in [0, 0.1) is 16.0 Å². The van der Waals surface area contributed by atoms with Gasteiger partial charge < -0.3 is 0 Å². The predicted octanol–water partition coefficient (Wildman–Crippen LogP) is 4.31. The van der Waals surface area contributed by atoms with E-state index in [-0.39, 0.29) is 16.9 Å². The average Bonchev–Trinajstić information content (AvgIpc) is 2.40. The van der Waals surface area contributed by atoms with Crippen molar-refractivity contribution in [3.63, 3.8) is 0 Å². The first-order valence-corrected chi connectivity index (χ1v) is 8.80. The average molecular weight is 287 g/mol. The van der Waals surface area contributed by atoms with Crippen molar-refractivity contribution in [3.8, 4) is 0 Å². The zero-order chi connectivity index (χ0) is 13.0. The number of nitro groups is 1. The largest absolute Gasteiger partial charge is 0.264 e. The van der Waals surface area contributed by atoms with Crippen molar-refractivity contribution in [1.29, 1.82) is 0 Å². The van der Waals surface area contributed by atoms with Crippen LogP contribution in [0.15, 0.2) is 9.81 Å². The Balaban J connectivity index is 2.05. The quantitative estimate of drug-likeness (QED) is 0.573. The highest BCUT2D eigenvalue weighted by molar-refractivity contribution is 8.22. The lowest BCUT2D eigenvalue weighted by molar-refractivity contribution is -0.533. The molecule has 18 heavy (non-hydrogen) atoms. The minimum atomic E-state index is -0.334. The molecule has 0 spiro atoms. The summed E-state index contributed by atoms with van der Waals surface area (Å²) in [5.41, 5.74) is 1.52. The SMILES string of the molecule is CC[C@@H]([C@H]1CCCC(=C2SCCCS2)C1)[N+](=O)[O-]. The Morgan fingerprint density at radius 2 is 2.11 bits per heavy atom. The fourth-order valence-electron chi connectivity index (χ4n) is 2.90. The second-order valence-electron chi connectivity index (χ2n) is 5.06. The molecule has 0 aromatic carbocycles. The van der Waals surface area contributed by atoms with Crippen LogP contribution in [0.1, 0.15) is 45.4 Å². The molecular formula is C13H21NO2S2. The van der Waals surface area contributed by atoms with E-state index >= 15 is 0 Å². The van der Waals surface area contributed by atoms with Crippen LogP contribution in [0.3, 0.4) is 0 Å². The molecule has 0 aromatic heterocycles. The molecule has 1 saturated heterocycles. The third kappa shape index (κ3) is 3.44. The van der Waals surface area contributed by atoms with Gasteiger partial charge in [0, 0.05) is 21.5 Å². The Kier molecular flexibility index (Phi) is 5.42. The maximum absolute atomic E-state index is 11.1. The molecule has 1 aliphatic carbocycles. The van der Waals surface area contributed by atoms with Gasteiger partial charge in [-0.05, 0) is 49.2 Å². The lowest BCUT2D eigenvalue weighted by atomic mass is 9.81. The Morgan fingerprint density at radius 3 is 2.72 bits per heavy atom. The van der Waals surface area contributed by atoms with Gasteiger partial charge in [-0.15, -0.1) is 23.5 Å². The summed E-state index contributed by atoms with van der Waals surface area (Å²) in [5.74, 6) is 2.72. The Hall–Kier alpha value is -0.160. The zero-order valence-corrected chi connectivity index (χ0v) is 12.5. The molecule has 1 heterocycles. The van der Waals surface area contributed by atoms with E-state index in [0.717, 1.165) is 19.3 Å². The van der Waals surface area contributed by atoms with Crippen molar-refractivity contribution in [2.24, 2.45) is 5.92 Å². The van der Waals surface area contributed by atoms with E-state index in [9.17, 15) is 10.1 Å². The fourth-order valence-corrected chi connectivity index (χ4v) is 5.64. The molecule has 0 radical (unpaired) electrons. The molecule has 5 heteroatoms. The molecule has 3 nitrogen and oxygen atoms in total. The van der Waals surface area contributed by atoms with Crippen molar-refractivity contribution in [2.45, 2.75) is 51.5 Å². The van der Waals surface area contributed by atoms with Gasteiger partial charge in [0.25, 0.3) is 0 Å². The number of rotatable bonds is 3. The molecular weight excluding hydrogens is 266 g/mol. The summed E-state index contributed by atoms with van der Waals surface area (Å²) in [5, 5.41) is 11.1. The van der Waals surface area contributed by atoms with Crippen LogP contribution in [0.4, 0.5) is 0 Å². The first-order valence-electron chi connectivity index (χ1n) is 6.83. The van der Waals surface area contributed by atoms with E-state index in [4.69, 9.17) is 0 Å². The number of hydrogen-bond donors (Lipinski definition) is 0. The van der Waals surface area contributed by atoms with Gasteiger partial charge in [-0.1, -0.05) is 6.92 Å². The van der Waals surface area contributed by atoms with Crippen LogP contribution in [-0.2, 0) is 0 Å². The van der Waals surface area contributed by atoms with Gasteiger partial charge in [0.05, 0.1) is 0 Å². The molecule has 0 N–H and O–H groups in total. The van der Waals surface area contributed by atoms with Crippen LogP contribution in [0.25, 0.3) is 0 Å². The first kappa shape index (κ1) is 14.3. The van der Waals surface area contributed by atoms with Crippen LogP contribution in [-0.4, -0.2) is 22.5 Å². The van der Waals surface area contributed by atoms with Crippen LogP contribution < -0.4 is 0 Å². The summed E-state index contributed by atoms with van der Waals surface area (Å²) < 4.78 is 1.49. The zero-order valence-electron chi connectivity index (χ0n) is 10.9. The molecule has 2 rings (SSSR count). The van der Waals surface area contributed by atoms with Gasteiger partial charge in [0.15, 0.2) is 0 Å². The van der Waals surface area contributed by atoms with Gasteiger partial charge in [0.2, 0.25) is 6.04 Å². The summed E-state index contributed by atoms with van der Waals surface area (Å²) in [6.07, 6.45) is 6.26. The standard InChI is InChI=1S/C13H21NO2S2/c1-2-12(14(15)16)10-5-3-6-11(9-10)13-17-7-4-8-18-13/h10,12H,2-9H2,1H3/t10-,12-/m0/s1. The van der Waals surface area contributed by atoms with Crippen molar-refractivity contribution in [1.82, 2.24) is 0 Å². The van der Waals surface area contributed by atoms with Gasteiger partial charge in [-0.3, -0.25) is 10.1 Å². The van der Waals surface area contributed by atoms with Crippen molar-refractivity contribution in [3.05, 3.63) is 19.9 Å². The monoisotopic (exact) mass is 287 g/mol. The second kappa shape index (κ2) is 6.85. The topological polar surface area (TPSA) is 43.1 Å². The predicted molar refractivity (Wildman–Crippen MR) is 79.6 cm³/mol. The van der Waals surface area contributed by atoms with Gasteiger partial charge in [-0.25, -0.2) is 0 Å². The van der Waals surface area contributed by atoms with E-state index in [0.29, 0.717) is 6.42 Å². The number of nitrogens with zero attached hydrogens (tertiary/aromatic N) is 1. The minimum absolute atomic E-state index is 0.0561. The molecule has 102 valence electrons. The van der Waals surface area contributed by atoms with E-state index in [1.165, 1.54) is 34.2 Å². The molecule has 2 atom stereocenters. The van der Waals surface area contributed by atoms with E-state index in [2.05, 4.69) is 0 Å². The van der Waals surface area contributed by atoms with Crippen molar-refractivity contribution in [2.75, 3.05) is 11.5 Å². The molecule has 0 amide bonds. The third-order valence-corrected chi connectivity index (χ3v) is 6.63. The number of thioether (sulfide) groups is 2. The second-order valence-corrected chi connectivity index (χ2v) is 7.53. The maximum Gasteiger partial charge on any atom is 0.215 e. The Morgan fingerprint density at radius 1 is 1.39 bits per heavy atom. The Bertz CT molecular complexity index is 336. The molecule has 2 aliphatic rings. The van der Waals surface area contributed by atoms with Gasteiger partial charge in [0.1, 0.15) is 0 Å². The van der Waals surface area contributed by atoms with Crippen LogP contribution in [0.2, 0.25) is 0 Å². The maximum atomic E-state index is 11.1. The minimum Gasteiger partial charge on any atom is -0.264 e. The smallest absolute Gasteiger partial charge is 0.215 e. The molecule has 1 saturated carbocycles. The summed E-state index contributed by atoms with van der Waals surface area (Å²) >= 11 is 3.94. The molecule has 1 aliphatic heterocycles. The lowest BCUT2D eigenvalue weighted by Crippen LogP contribution is -2.30. The fraction of sp³-hybridized carbons (Fsp3) is 0.846. The van der Waals surface area contributed by atoms with Crippen molar-refractivity contribution < 1.29 is 4.92 Å². The summed E-state index contributed by atoms with van der Waals surface area (Å²) in [6.45, 7) is 1.94. The highest BCUT2D eigenvalue weighted by Gasteiger charge is 2.33. The summed E-state index contributed by atoms with van der Waals surface area (Å²) in [6, 6.07) is -0.334. The first-order chi connectivity index (χ1) is 8.72. The van der Waals surface area contributed by atoms with Crippen molar-refractivity contribution >= 4 is 23.5 Å². The van der Waals surface area contributed by atoms with Gasteiger partial charge in [-0.2, -0.15) is 0 Å². The van der Waals surface area contributed by atoms with Gasteiger partial charge >= 0.3 is 0 Å². The van der Waals surface area contributed by atoms with E-state index in [1.807, 2.05) is 30.4 Å². The van der Waals surface area contributed by atoms with Crippen LogP contribution in [0.5, 0.6) is 0 Å². The third-order valence-electron chi connectivity index (χ3n) is 3.84. The highest BCUT2D eigenvalue weighted by atomic mass is 32.2. The Labute approximate surface area is 117 Å². The lowest BCUT2D eigenvalue weighted by Gasteiger charge is -2.28. The summed E-state index contributed by atoms with van der Waals surface area (Å²) in [7, 11) is 0. The summed E-state index contributed by atoms with van der Waals surface area (Å²) in [4.78, 5) is 11.0. The van der Waals surface area contributed by atoms with E-state index < -0.39 is 0 Å². The normalized spacial score (nSPS) is 27.1. The van der Waals surface area contributed by atoms with Crippen LogP contribution >= 0.6 is 23.5 Å². The van der Waals surface area contributed by atoms with E-state index in [1.54, 1.807) is 0 Å². The number of hydrogen-bond acceptors (Lipinski definition) is 4. The molecule has 0 aromatic rings. The molecule has 0 bridgehead atoms. The molecule has 0 unspecified atom stereocenters. The number of allylic oxidation sites excluding steroid dienone is 1. The molecule has 2 fully saturated rings.